The average Bonchev–Trinajstić information content (AvgIpc) is 2.74. The summed E-state index contributed by atoms with van der Waals surface area (Å²) in [5.41, 5.74) is 3.47. The summed E-state index contributed by atoms with van der Waals surface area (Å²) in [4.78, 5) is 25.2. The Labute approximate surface area is 181 Å². The van der Waals surface area contributed by atoms with Crippen molar-refractivity contribution in [2.24, 2.45) is 0 Å². The van der Waals surface area contributed by atoms with Gasteiger partial charge in [0.05, 0.1) is 17.3 Å². The molecule has 0 aliphatic heterocycles. The summed E-state index contributed by atoms with van der Waals surface area (Å²) in [5.74, 6) is -0.543. The second kappa shape index (κ2) is 9.80. The molecule has 0 aromatic heterocycles. The smallest absolute Gasteiger partial charge is 0.257 e. The van der Waals surface area contributed by atoms with E-state index >= 15 is 0 Å². The van der Waals surface area contributed by atoms with Crippen LogP contribution < -0.4 is 16.0 Å². The molecule has 6 heteroatoms. The maximum atomic E-state index is 12.8. The minimum Gasteiger partial charge on any atom is -0.345 e. The molecule has 5 nitrogen and oxygen atoms in total. The van der Waals surface area contributed by atoms with Gasteiger partial charge in [0.1, 0.15) is 0 Å². The topological polar surface area (TPSA) is 70.2 Å². The van der Waals surface area contributed by atoms with Crippen molar-refractivity contribution in [3.8, 4) is 0 Å². The number of anilines is 1. The number of aryl methyl sites for hydroxylation is 1. The fourth-order valence-electron chi connectivity index (χ4n) is 3.00. The van der Waals surface area contributed by atoms with Crippen molar-refractivity contribution in [3.63, 3.8) is 0 Å². The third-order valence-electron chi connectivity index (χ3n) is 4.57. The largest absolute Gasteiger partial charge is 0.345 e. The highest BCUT2D eigenvalue weighted by atomic mass is 32.1. The molecule has 0 aliphatic rings. The van der Waals surface area contributed by atoms with Gasteiger partial charge in [-0.15, -0.1) is 0 Å². The first-order chi connectivity index (χ1) is 14.4. The van der Waals surface area contributed by atoms with Gasteiger partial charge in [-0.2, -0.15) is 0 Å². The highest BCUT2D eigenvalue weighted by molar-refractivity contribution is 7.80. The van der Waals surface area contributed by atoms with Gasteiger partial charge in [-0.3, -0.25) is 14.9 Å². The number of carbonyl (C=O) groups excluding carboxylic acids is 2. The number of nitrogens with one attached hydrogen (secondary N) is 3. The molecule has 0 saturated heterocycles. The van der Waals surface area contributed by atoms with E-state index in [-0.39, 0.29) is 23.0 Å². The highest BCUT2D eigenvalue weighted by Gasteiger charge is 2.16. The second-order valence-electron chi connectivity index (χ2n) is 6.93. The number of hydrogen-bond donors (Lipinski definition) is 3. The Hall–Kier alpha value is -3.51. The Bertz CT molecular complexity index is 1070. The Kier molecular flexibility index (Phi) is 6.93. The van der Waals surface area contributed by atoms with E-state index in [0.29, 0.717) is 16.8 Å². The van der Waals surface area contributed by atoms with Crippen molar-refractivity contribution in [1.82, 2.24) is 10.6 Å². The minimum atomic E-state index is -0.309. The van der Waals surface area contributed by atoms with Crippen LogP contribution in [0.5, 0.6) is 0 Å². The van der Waals surface area contributed by atoms with Crippen LogP contribution in [-0.4, -0.2) is 16.9 Å². The van der Waals surface area contributed by atoms with Crippen molar-refractivity contribution in [2.45, 2.75) is 19.9 Å². The summed E-state index contributed by atoms with van der Waals surface area (Å²) in [5, 5.41) is 8.73. The normalized spacial score (nSPS) is 11.3. The Morgan fingerprint density at radius 1 is 0.867 bits per heavy atom. The van der Waals surface area contributed by atoms with Crippen LogP contribution in [0.3, 0.4) is 0 Å². The molecule has 3 aromatic carbocycles. The summed E-state index contributed by atoms with van der Waals surface area (Å²) >= 11 is 5.28. The van der Waals surface area contributed by atoms with Crippen molar-refractivity contribution in [2.75, 3.05) is 5.32 Å². The lowest BCUT2D eigenvalue weighted by molar-refractivity contribution is 0.0939. The number of thiocarbonyl (C=S) groups is 1. The number of para-hydroxylation sites is 1. The predicted molar refractivity (Wildman–Crippen MR) is 124 cm³/mol. The Morgan fingerprint density at radius 3 is 2.30 bits per heavy atom. The maximum absolute atomic E-state index is 12.8. The first-order valence-electron chi connectivity index (χ1n) is 9.58. The minimum absolute atomic E-state index is 0.123. The Morgan fingerprint density at radius 2 is 1.57 bits per heavy atom. The molecule has 30 heavy (non-hydrogen) atoms. The van der Waals surface area contributed by atoms with E-state index in [1.54, 1.807) is 36.4 Å². The van der Waals surface area contributed by atoms with Crippen molar-refractivity contribution < 1.29 is 9.59 Å². The molecule has 0 fully saturated rings. The SMILES string of the molecule is Cc1cccc(C(=O)NC(=S)Nc2ccccc2C(=O)NC(C)c2ccccc2)c1. The van der Waals surface area contributed by atoms with Gasteiger partial charge in [-0.25, -0.2) is 0 Å². The monoisotopic (exact) mass is 417 g/mol. The Balaban J connectivity index is 1.68. The zero-order valence-electron chi connectivity index (χ0n) is 16.8. The predicted octanol–water partition coefficient (Wildman–Crippen LogP) is 4.61. The summed E-state index contributed by atoms with van der Waals surface area (Å²) in [6, 6.07) is 23.8. The van der Waals surface area contributed by atoms with Gasteiger partial charge in [0, 0.05) is 5.56 Å². The molecular formula is C24H23N3O2S. The molecule has 0 aliphatic carbocycles. The van der Waals surface area contributed by atoms with E-state index in [2.05, 4.69) is 16.0 Å². The van der Waals surface area contributed by atoms with Crippen LogP contribution in [0.25, 0.3) is 0 Å². The van der Waals surface area contributed by atoms with Gasteiger partial charge in [0.15, 0.2) is 5.11 Å². The van der Waals surface area contributed by atoms with Gasteiger partial charge in [0.25, 0.3) is 11.8 Å². The van der Waals surface area contributed by atoms with Crippen molar-refractivity contribution in [3.05, 3.63) is 101 Å². The van der Waals surface area contributed by atoms with Crippen molar-refractivity contribution in [1.29, 1.82) is 0 Å². The van der Waals surface area contributed by atoms with Crippen LogP contribution in [0.2, 0.25) is 0 Å². The summed E-state index contributed by atoms with van der Waals surface area (Å²) in [6.07, 6.45) is 0. The van der Waals surface area contributed by atoms with Gasteiger partial charge in [0.2, 0.25) is 0 Å². The van der Waals surface area contributed by atoms with Crippen molar-refractivity contribution >= 4 is 34.8 Å². The number of hydrogen-bond acceptors (Lipinski definition) is 3. The van der Waals surface area contributed by atoms with Gasteiger partial charge < -0.3 is 10.6 Å². The summed E-state index contributed by atoms with van der Waals surface area (Å²) in [7, 11) is 0. The zero-order valence-corrected chi connectivity index (χ0v) is 17.6. The quantitative estimate of drug-likeness (QED) is 0.530. The van der Waals surface area contributed by atoms with Crippen LogP contribution >= 0.6 is 12.2 Å². The van der Waals surface area contributed by atoms with E-state index in [1.807, 2.05) is 56.3 Å². The van der Waals surface area contributed by atoms with Gasteiger partial charge in [-0.05, 0) is 55.9 Å². The lowest BCUT2D eigenvalue weighted by atomic mass is 10.1. The molecule has 0 radical (unpaired) electrons. The lowest BCUT2D eigenvalue weighted by Gasteiger charge is -2.17. The van der Waals surface area contributed by atoms with Crippen LogP contribution in [0.4, 0.5) is 5.69 Å². The van der Waals surface area contributed by atoms with Crippen LogP contribution in [0.15, 0.2) is 78.9 Å². The number of rotatable bonds is 5. The summed E-state index contributed by atoms with van der Waals surface area (Å²) < 4.78 is 0. The zero-order chi connectivity index (χ0) is 21.5. The molecular weight excluding hydrogens is 394 g/mol. The fourth-order valence-corrected chi connectivity index (χ4v) is 3.21. The summed E-state index contributed by atoms with van der Waals surface area (Å²) in [6.45, 7) is 3.84. The third kappa shape index (κ3) is 5.52. The van der Waals surface area contributed by atoms with E-state index in [0.717, 1.165) is 11.1 Å². The lowest BCUT2D eigenvalue weighted by Crippen LogP contribution is -2.35. The van der Waals surface area contributed by atoms with Crippen LogP contribution in [0.1, 0.15) is 44.8 Å². The fraction of sp³-hybridized carbons (Fsp3) is 0.125. The first kappa shape index (κ1) is 21.2. The van der Waals surface area contributed by atoms with E-state index < -0.39 is 0 Å². The van der Waals surface area contributed by atoms with E-state index in [4.69, 9.17) is 12.2 Å². The molecule has 0 spiro atoms. The molecule has 152 valence electrons. The van der Waals surface area contributed by atoms with Crippen LogP contribution in [-0.2, 0) is 0 Å². The van der Waals surface area contributed by atoms with E-state index in [9.17, 15) is 9.59 Å². The number of benzene rings is 3. The molecule has 3 rings (SSSR count). The molecule has 2 amide bonds. The number of amides is 2. The molecule has 1 atom stereocenters. The average molecular weight is 418 g/mol. The van der Waals surface area contributed by atoms with Gasteiger partial charge in [-0.1, -0.05) is 60.2 Å². The standard InChI is InChI=1S/C24H23N3O2S/c1-16-9-8-12-19(15-16)22(28)27-24(30)26-21-14-7-6-13-20(21)23(29)25-17(2)18-10-4-3-5-11-18/h3-15,17H,1-2H3,(H,25,29)(H2,26,27,28,30). The van der Waals surface area contributed by atoms with Crippen LogP contribution in [0, 0.1) is 6.92 Å². The second-order valence-corrected chi connectivity index (χ2v) is 7.34. The first-order valence-corrected chi connectivity index (χ1v) is 9.98. The number of carbonyl (C=O) groups is 2. The maximum Gasteiger partial charge on any atom is 0.257 e. The molecule has 0 saturated carbocycles. The van der Waals surface area contributed by atoms with Gasteiger partial charge >= 0.3 is 0 Å². The molecule has 0 bridgehead atoms. The third-order valence-corrected chi connectivity index (χ3v) is 4.78. The molecule has 1 unspecified atom stereocenters. The van der Waals surface area contributed by atoms with E-state index in [1.165, 1.54) is 0 Å². The molecule has 0 heterocycles. The molecule has 3 N–H and O–H groups in total. The highest BCUT2D eigenvalue weighted by Crippen LogP contribution is 2.18. The molecule has 3 aromatic rings.